The lowest BCUT2D eigenvalue weighted by Gasteiger charge is -2.11. The van der Waals surface area contributed by atoms with Gasteiger partial charge in [0, 0.05) is 24.5 Å². The Bertz CT molecular complexity index is 1420. The van der Waals surface area contributed by atoms with Crippen LogP contribution in [0, 0.1) is 0 Å². The fraction of sp³-hybridized carbons (Fsp3) is 0.238. The number of aryl methyl sites for hydroxylation is 1. The Morgan fingerprint density at radius 2 is 2.03 bits per heavy atom. The van der Waals surface area contributed by atoms with Crippen molar-refractivity contribution < 1.29 is 4.52 Å². The van der Waals surface area contributed by atoms with Crippen molar-refractivity contribution in [3.63, 3.8) is 0 Å². The molecule has 0 amide bonds. The number of benzene rings is 1. The lowest BCUT2D eigenvalue weighted by molar-refractivity contribution is 0.380. The van der Waals surface area contributed by atoms with Gasteiger partial charge in [-0.05, 0) is 37.6 Å². The molecular formula is C21H19N7O2S. The maximum Gasteiger partial charge on any atom is 0.262 e. The summed E-state index contributed by atoms with van der Waals surface area (Å²) >= 11 is 1.45. The van der Waals surface area contributed by atoms with E-state index in [-0.39, 0.29) is 10.8 Å². The molecule has 0 aliphatic heterocycles. The van der Waals surface area contributed by atoms with Crippen molar-refractivity contribution in [1.82, 2.24) is 34.3 Å². The molecule has 4 aromatic heterocycles. The smallest absolute Gasteiger partial charge is 0.262 e. The summed E-state index contributed by atoms with van der Waals surface area (Å²) in [6.45, 7) is 4.57. The molecule has 156 valence electrons. The lowest BCUT2D eigenvalue weighted by Crippen LogP contribution is -2.23. The number of nitrogens with zero attached hydrogens (tertiary/aromatic N) is 7. The first-order valence-corrected chi connectivity index (χ1v) is 10.8. The Labute approximate surface area is 181 Å². The average molecular weight is 433 g/mol. The van der Waals surface area contributed by atoms with Crippen molar-refractivity contribution in [1.29, 1.82) is 0 Å². The van der Waals surface area contributed by atoms with E-state index >= 15 is 0 Å². The molecule has 0 aliphatic carbocycles. The zero-order valence-electron chi connectivity index (χ0n) is 17.0. The molecule has 31 heavy (non-hydrogen) atoms. The van der Waals surface area contributed by atoms with Gasteiger partial charge in [-0.2, -0.15) is 4.98 Å². The predicted octanol–water partition coefficient (Wildman–Crippen LogP) is 3.75. The molecule has 0 aliphatic rings. The van der Waals surface area contributed by atoms with Crippen LogP contribution in [0.5, 0.6) is 0 Å². The van der Waals surface area contributed by atoms with Crippen molar-refractivity contribution in [3.05, 3.63) is 65.0 Å². The first-order valence-electron chi connectivity index (χ1n) is 9.94. The van der Waals surface area contributed by atoms with Gasteiger partial charge in [0.05, 0.1) is 16.2 Å². The highest BCUT2D eigenvalue weighted by Gasteiger charge is 2.22. The van der Waals surface area contributed by atoms with E-state index in [0.29, 0.717) is 34.6 Å². The Morgan fingerprint density at radius 1 is 1.16 bits per heavy atom. The van der Waals surface area contributed by atoms with Crippen LogP contribution in [-0.4, -0.2) is 34.3 Å². The zero-order valence-corrected chi connectivity index (χ0v) is 17.8. The normalized spacial score (nSPS) is 12.6. The van der Waals surface area contributed by atoms with Crippen LogP contribution in [-0.2, 0) is 6.54 Å². The number of rotatable bonds is 6. The molecule has 5 aromatic rings. The number of aromatic nitrogens is 7. The summed E-state index contributed by atoms with van der Waals surface area (Å²) in [6.07, 6.45) is 4.21. The van der Waals surface area contributed by atoms with Crippen molar-refractivity contribution in [2.75, 3.05) is 0 Å². The average Bonchev–Trinajstić information content (AvgIpc) is 3.45. The molecule has 1 aromatic carbocycles. The summed E-state index contributed by atoms with van der Waals surface area (Å²) in [6, 6.07) is 11.2. The van der Waals surface area contributed by atoms with Crippen LogP contribution in [0.1, 0.15) is 31.4 Å². The largest absolute Gasteiger partial charge is 0.338 e. The third-order valence-electron chi connectivity index (χ3n) is 4.92. The maximum atomic E-state index is 13.0. The summed E-state index contributed by atoms with van der Waals surface area (Å²) in [5, 5.41) is 13.9. The highest BCUT2D eigenvalue weighted by atomic mass is 32.2. The van der Waals surface area contributed by atoms with E-state index in [2.05, 4.69) is 25.3 Å². The molecule has 9 nitrogen and oxygen atoms in total. The molecule has 4 heterocycles. The van der Waals surface area contributed by atoms with Gasteiger partial charge in [0.25, 0.3) is 5.56 Å². The molecule has 0 unspecified atom stereocenters. The molecule has 5 rings (SSSR count). The molecule has 0 N–H and O–H groups in total. The molecular weight excluding hydrogens is 414 g/mol. The van der Waals surface area contributed by atoms with Crippen LogP contribution in [0.3, 0.4) is 0 Å². The molecule has 0 saturated carbocycles. The minimum Gasteiger partial charge on any atom is -0.338 e. The van der Waals surface area contributed by atoms with Gasteiger partial charge in [-0.15, -0.1) is 10.2 Å². The van der Waals surface area contributed by atoms with E-state index in [0.717, 1.165) is 17.5 Å². The summed E-state index contributed by atoms with van der Waals surface area (Å²) in [7, 11) is 0. The van der Waals surface area contributed by atoms with Gasteiger partial charge in [0.2, 0.25) is 17.5 Å². The second-order valence-corrected chi connectivity index (χ2v) is 8.36. The van der Waals surface area contributed by atoms with Crippen molar-refractivity contribution in [3.8, 4) is 11.4 Å². The number of pyridine rings is 1. The number of hydrogen-bond donors (Lipinski definition) is 0. The standard InChI is InChI=1S/C21H19N7O2S/c1-3-11-27-19(29)15-8-4-5-9-16(15)28-20(27)24-25-21(28)31-13(2)18-23-17(26-30-18)14-7-6-10-22-12-14/h4-10,12-13H,3,11H2,1-2H3/t13-/m0/s1. The van der Waals surface area contributed by atoms with Gasteiger partial charge in [0.1, 0.15) is 0 Å². The molecule has 10 heteroatoms. The Morgan fingerprint density at radius 3 is 2.84 bits per heavy atom. The minimum atomic E-state index is -0.171. The zero-order chi connectivity index (χ0) is 21.4. The van der Waals surface area contributed by atoms with Crippen molar-refractivity contribution in [2.24, 2.45) is 0 Å². The van der Waals surface area contributed by atoms with Gasteiger partial charge in [-0.25, -0.2) is 0 Å². The van der Waals surface area contributed by atoms with Gasteiger partial charge in [-0.3, -0.25) is 18.7 Å². The quantitative estimate of drug-likeness (QED) is 0.373. The van der Waals surface area contributed by atoms with Crippen LogP contribution in [0.2, 0.25) is 0 Å². The van der Waals surface area contributed by atoms with Crippen molar-refractivity contribution in [2.45, 2.75) is 37.2 Å². The van der Waals surface area contributed by atoms with Crippen LogP contribution in [0.4, 0.5) is 0 Å². The van der Waals surface area contributed by atoms with E-state index in [1.807, 2.05) is 54.6 Å². The van der Waals surface area contributed by atoms with Gasteiger partial charge in [0.15, 0.2) is 5.16 Å². The maximum absolute atomic E-state index is 13.0. The third kappa shape index (κ3) is 3.38. The molecule has 0 bridgehead atoms. The number of fused-ring (bicyclic) bond motifs is 3. The highest BCUT2D eigenvalue weighted by molar-refractivity contribution is 7.99. The number of thioether (sulfide) groups is 1. The van der Waals surface area contributed by atoms with E-state index in [9.17, 15) is 4.79 Å². The van der Waals surface area contributed by atoms with E-state index in [1.165, 1.54) is 11.8 Å². The second kappa shape index (κ2) is 7.95. The van der Waals surface area contributed by atoms with Crippen LogP contribution >= 0.6 is 11.8 Å². The van der Waals surface area contributed by atoms with Crippen LogP contribution < -0.4 is 5.56 Å². The topological polar surface area (TPSA) is 104 Å². The first-order chi connectivity index (χ1) is 15.2. The molecule has 0 fully saturated rings. The second-order valence-electron chi connectivity index (χ2n) is 7.05. The van der Waals surface area contributed by atoms with Gasteiger partial charge < -0.3 is 4.52 Å². The number of hydrogen-bond acceptors (Lipinski definition) is 8. The van der Waals surface area contributed by atoms with Crippen LogP contribution in [0.15, 0.2) is 63.3 Å². The summed E-state index contributed by atoms with van der Waals surface area (Å²) < 4.78 is 9.09. The van der Waals surface area contributed by atoms with Crippen molar-refractivity contribution >= 4 is 28.4 Å². The Kier molecular flexibility index (Phi) is 4.99. The fourth-order valence-electron chi connectivity index (χ4n) is 3.46. The lowest BCUT2D eigenvalue weighted by atomic mass is 10.2. The highest BCUT2D eigenvalue weighted by Crippen LogP contribution is 2.34. The number of para-hydroxylation sites is 1. The summed E-state index contributed by atoms with van der Waals surface area (Å²) in [5.41, 5.74) is 1.51. The SMILES string of the molecule is CCCn1c(=O)c2ccccc2n2c(S[C@@H](C)c3nc(-c4cccnc4)no3)nnc12. The van der Waals surface area contributed by atoms with Crippen LogP contribution in [0.25, 0.3) is 28.1 Å². The fourth-order valence-corrected chi connectivity index (χ4v) is 4.34. The van der Waals surface area contributed by atoms with E-state index in [1.54, 1.807) is 17.0 Å². The van der Waals surface area contributed by atoms with E-state index < -0.39 is 0 Å². The summed E-state index contributed by atoms with van der Waals surface area (Å²) in [4.78, 5) is 21.6. The first kappa shape index (κ1) is 19.4. The van der Waals surface area contributed by atoms with Gasteiger partial charge >= 0.3 is 0 Å². The Hall–Kier alpha value is -3.53. The molecule has 1 atom stereocenters. The molecule has 0 saturated heterocycles. The summed E-state index contributed by atoms with van der Waals surface area (Å²) in [5.74, 6) is 1.50. The van der Waals surface area contributed by atoms with Gasteiger partial charge in [-0.1, -0.05) is 36.0 Å². The predicted molar refractivity (Wildman–Crippen MR) is 117 cm³/mol. The third-order valence-corrected chi connectivity index (χ3v) is 5.95. The van der Waals surface area contributed by atoms with E-state index in [4.69, 9.17) is 4.52 Å². The molecule has 0 spiro atoms. The molecule has 0 radical (unpaired) electrons. The Balaban J connectivity index is 1.56. The monoisotopic (exact) mass is 433 g/mol. The minimum absolute atomic E-state index is 0.0556.